The third kappa shape index (κ3) is 1.78. The van der Waals surface area contributed by atoms with Gasteiger partial charge in [0.2, 0.25) is 0 Å². The molecule has 19 heavy (non-hydrogen) atoms. The van der Waals surface area contributed by atoms with E-state index in [4.69, 9.17) is 5.11 Å². The molecule has 0 aliphatic carbocycles. The Kier molecular flexibility index (Phi) is 2.55. The van der Waals surface area contributed by atoms with Crippen molar-refractivity contribution in [1.82, 2.24) is 9.47 Å². The minimum atomic E-state index is -0.931. The van der Waals surface area contributed by atoms with E-state index in [0.717, 1.165) is 10.9 Å². The first-order valence-corrected chi connectivity index (χ1v) is 6.17. The number of carbonyl (C=O) groups excluding carboxylic acids is 1. The van der Waals surface area contributed by atoms with E-state index in [9.17, 15) is 9.59 Å². The molecule has 2 aromatic rings. The van der Waals surface area contributed by atoms with Crippen molar-refractivity contribution in [3.8, 4) is 0 Å². The molecule has 2 heterocycles. The molecule has 1 amide bonds. The molecule has 3 rings (SSSR count). The molecule has 1 aromatic heterocycles. The van der Waals surface area contributed by atoms with Crippen molar-refractivity contribution in [2.75, 3.05) is 6.54 Å². The standard InChI is InChI=1S/C14H14N2O3/c1-15-6-4-9-2-3-10(8-12(9)15)13(17)16-7-5-11(16)14(18)19/h2-4,6,8,11H,5,7H2,1H3,(H,18,19). The first-order valence-electron chi connectivity index (χ1n) is 6.17. The molecular weight excluding hydrogens is 244 g/mol. The monoisotopic (exact) mass is 258 g/mol. The van der Waals surface area contributed by atoms with Gasteiger partial charge >= 0.3 is 5.97 Å². The number of hydrogen-bond donors (Lipinski definition) is 1. The highest BCUT2D eigenvalue weighted by Gasteiger charge is 2.37. The second-order valence-electron chi connectivity index (χ2n) is 4.84. The highest BCUT2D eigenvalue weighted by atomic mass is 16.4. The van der Waals surface area contributed by atoms with Gasteiger partial charge < -0.3 is 14.6 Å². The Labute approximate surface area is 110 Å². The number of amides is 1. The van der Waals surface area contributed by atoms with Crippen LogP contribution in [-0.4, -0.2) is 39.0 Å². The lowest BCUT2D eigenvalue weighted by molar-refractivity contribution is -0.146. The maximum atomic E-state index is 12.3. The van der Waals surface area contributed by atoms with Crippen molar-refractivity contribution >= 4 is 22.8 Å². The molecule has 98 valence electrons. The lowest BCUT2D eigenvalue weighted by Gasteiger charge is -2.37. The zero-order valence-electron chi connectivity index (χ0n) is 10.5. The van der Waals surface area contributed by atoms with Gasteiger partial charge in [0, 0.05) is 30.9 Å². The Bertz CT molecular complexity index is 674. The van der Waals surface area contributed by atoms with Crippen LogP contribution in [0, 0.1) is 0 Å². The number of carbonyl (C=O) groups is 2. The number of aryl methyl sites for hydroxylation is 1. The fourth-order valence-corrected chi connectivity index (χ4v) is 2.45. The van der Waals surface area contributed by atoms with Crippen molar-refractivity contribution in [2.24, 2.45) is 7.05 Å². The van der Waals surface area contributed by atoms with Crippen molar-refractivity contribution in [3.05, 3.63) is 36.0 Å². The summed E-state index contributed by atoms with van der Waals surface area (Å²) >= 11 is 0. The summed E-state index contributed by atoms with van der Waals surface area (Å²) in [4.78, 5) is 24.6. The Morgan fingerprint density at radius 1 is 1.32 bits per heavy atom. The Hall–Kier alpha value is -2.30. The normalized spacial score (nSPS) is 18.4. The molecule has 5 nitrogen and oxygen atoms in total. The van der Waals surface area contributed by atoms with Gasteiger partial charge in [0.25, 0.3) is 5.91 Å². The van der Waals surface area contributed by atoms with Crippen LogP contribution in [0.15, 0.2) is 30.5 Å². The third-order valence-electron chi connectivity index (χ3n) is 3.70. The summed E-state index contributed by atoms with van der Waals surface area (Å²) in [7, 11) is 1.92. The highest BCUT2D eigenvalue weighted by molar-refractivity contribution is 6.00. The quantitative estimate of drug-likeness (QED) is 0.887. The van der Waals surface area contributed by atoms with Gasteiger partial charge in [-0.2, -0.15) is 0 Å². The maximum absolute atomic E-state index is 12.3. The molecule has 1 aliphatic heterocycles. The Balaban J connectivity index is 1.93. The second-order valence-corrected chi connectivity index (χ2v) is 4.84. The summed E-state index contributed by atoms with van der Waals surface area (Å²) in [6, 6.07) is 6.76. The van der Waals surface area contributed by atoms with Crippen molar-refractivity contribution < 1.29 is 14.7 Å². The van der Waals surface area contributed by atoms with E-state index in [1.54, 1.807) is 6.07 Å². The van der Waals surface area contributed by atoms with Crippen molar-refractivity contribution in [2.45, 2.75) is 12.5 Å². The number of carboxylic acid groups (broad SMARTS) is 1. The van der Waals surface area contributed by atoms with Crippen molar-refractivity contribution in [1.29, 1.82) is 0 Å². The van der Waals surface area contributed by atoms with E-state index < -0.39 is 12.0 Å². The van der Waals surface area contributed by atoms with E-state index in [0.29, 0.717) is 18.5 Å². The Morgan fingerprint density at radius 2 is 2.11 bits per heavy atom. The molecule has 1 N–H and O–H groups in total. The number of fused-ring (bicyclic) bond motifs is 1. The zero-order valence-corrected chi connectivity index (χ0v) is 10.5. The summed E-state index contributed by atoms with van der Waals surface area (Å²) in [6.45, 7) is 0.515. The van der Waals surface area contributed by atoms with E-state index in [-0.39, 0.29) is 5.91 Å². The van der Waals surface area contributed by atoms with Gasteiger partial charge in [-0.1, -0.05) is 6.07 Å². The minimum Gasteiger partial charge on any atom is -0.480 e. The smallest absolute Gasteiger partial charge is 0.326 e. The second kappa shape index (κ2) is 4.12. The molecule has 0 spiro atoms. The van der Waals surface area contributed by atoms with Crippen LogP contribution in [0.25, 0.3) is 10.9 Å². The van der Waals surface area contributed by atoms with Gasteiger partial charge in [-0.3, -0.25) is 4.79 Å². The molecule has 1 aromatic carbocycles. The van der Waals surface area contributed by atoms with Gasteiger partial charge in [0.15, 0.2) is 0 Å². The fourth-order valence-electron chi connectivity index (χ4n) is 2.45. The molecule has 5 heteroatoms. The summed E-state index contributed by atoms with van der Waals surface area (Å²) in [5.74, 6) is -1.14. The zero-order chi connectivity index (χ0) is 13.6. The first kappa shape index (κ1) is 11.8. The van der Waals surface area contributed by atoms with Crippen LogP contribution in [0.4, 0.5) is 0 Å². The predicted octanol–water partition coefficient (Wildman–Crippen LogP) is 1.48. The maximum Gasteiger partial charge on any atom is 0.326 e. The average Bonchev–Trinajstić information content (AvgIpc) is 2.68. The molecule has 1 atom stereocenters. The number of hydrogen-bond acceptors (Lipinski definition) is 2. The van der Waals surface area contributed by atoms with Gasteiger partial charge in [0.1, 0.15) is 6.04 Å². The molecule has 0 bridgehead atoms. The van der Waals surface area contributed by atoms with Crippen LogP contribution in [0.5, 0.6) is 0 Å². The summed E-state index contributed by atoms with van der Waals surface area (Å²) in [5, 5.41) is 10.1. The first-order chi connectivity index (χ1) is 9.08. The lowest BCUT2D eigenvalue weighted by Crippen LogP contribution is -2.55. The summed E-state index contributed by atoms with van der Waals surface area (Å²) in [6.07, 6.45) is 2.47. The molecular formula is C14H14N2O3. The van der Waals surface area contributed by atoms with E-state index in [2.05, 4.69) is 0 Å². The molecule has 1 saturated heterocycles. The SMILES string of the molecule is Cn1ccc2ccc(C(=O)N3CCC3C(=O)O)cc21. The lowest BCUT2D eigenvalue weighted by atomic mass is 10.0. The summed E-state index contributed by atoms with van der Waals surface area (Å²) < 4.78 is 1.94. The average molecular weight is 258 g/mol. The largest absolute Gasteiger partial charge is 0.480 e. The van der Waals surface area contributed by atoms with Crippen LogP contribution >= 0.6 is 0 Å². The van der Waals surface area contributed by atoms with E-state index in [1.165, 1.54) is 4.90 Å². The number of aromatic nitrogens is 1. The number of benzene rings is 1. The summed E-state index contributed by atoms with van der Waals surface area (Å²) in [5.41, 5.74) is 1.51. The van der Waals surface area contributed by atoms with Crippen LogP contribution < -0.4 is 0 Å². The van der Waals surface area contributed by atoms with Crippen LogP contribution in [0.2, 0.25) is 0 Å². The van der Waals surface area contributed by atoms with Gasteiger partial charge in [-0.25, -0.2) is 4.79 Å². The Morgan fingerprint density at radius 3 is 2.74 bits per heavy atom. The molecule has 0 saturated carbocycles. The molecule has 1 fully saturated rings. The highest BCUT2D eigenvalue weighted by Crippen LogP contribution is 2.23. The van der Waals surface area contributed by atoms with Crippen LogP contribution in [0.1, 0.15) is 16.8 Å². The molecule has 1 unspecified atom stereocenters. The fraction of sp³-hybridized carbons (Fsp3) is 0.286. The van der Waals surface area contributed by atoms with E-state index in [1.807, 2.05) is 36.0 Å². The van der Waals surface area contributed by atoms with Gasteiger partial charge in [-0.05, 0) is 30.0 Å². The number of aliphatic carboxylic acids is 1. The van der Waals surface area contributed by atoms with Gasteiger partial charge in [0.05, 0.1) is 0 Å². The number of rotatable bonds is 2. The van der Waals surface area contributed by atoms with Crippen molar-refractivity contribution in [3.63, 3.8) is 0 Å². The number of carboxylic acids is 1. The number of nitrogens with zero attached hydrogens (tertiary/aromatic N) is 2. The third-order valence-corrected chi connectivity index (χ3v) is 3.70. The van der Waals surface area contributed by atoms with E-state index >= 15 is 0 Å². The number of likely N-dealkylation sites (tertiary alicyclic amines) is 1. The topological polar surface area (TPSA) is 62.5 Å². The minimum absolute atomic E-state index is 0.207. The molecule has 0 radical (unpaired) electrons. The molecule has 1 aliphatic rings. The predicted molar refractivity (Wildman–Crippen MR) is 70.0 cm³/mol. The van der Waals surface area contributed by atoms with Gasteiger partial charge in [-0.15, -0.1) is 0 Å². The van der Waals surface area contributed by atoms with Crippen LogP contribution in [0.3, 0.4) is 0 Å². The van der Waals surface area contributed by atoms with Crippen LogP contribution in [-0.2, 0) is 11.8 Å².